The van der Waals surface area contributed by atoms with Crippen molar-refractivity contribution in [1.82, 2.24) is 15.1 Å². The minimum Gasteiger partial charge on any atom is -0.478 e. The number of nitrogens with one attached hydrogen (secondary N) is 1. The van der Waals surface area contributed by atoms with Gasteiger partial charge >= 0.3 is 11.9 Å². The molecule has 0 bridgehead atoms. The Morgan fingerprint density at radius 2 is 1.73 bits per heavy atom. The van der Waals surface area contributed by atoms with Crippen LogP contribution in [0.5, 0.6) is 0 Å². The number of hydrogen-bond donors (Lipinski definition) is 3. The molecule has 1 aliphatic rings. The minimum absolute atomic E-state index is 0.397. The lowest BCUT2D eigenvalue weighted by atomic mass is 10.1. The summed E-state index contributed by atoms with van der Waals surface area (Å²) in [5, 5.41) is 19.2. The number of likely N-dealkylation sites (tertiary alicyclic amines) is 1. The first-order chi connectivity index (χ1) is 15.6. The van der Waals surface area contributed by atoms with Gasteiger partial charge in [0.2, 0.25) is 0 Å². The van der Waals surface area contributed by atoms with Gasteiger partial charge in [-0.1, -0.05) is 32.0 Å². The highest BCUT2D eigenvalue weighted by atomic mass is 32.2. The summed E-state index contributed by atoms with van der Waals surface area (Å²) in [5.41, 5.74) is 0. The van der Waals surface area contributed by atoms with Gasteiger partial charge in [-0.15, -0.1) is 0 Å². The molecular weight excluding hydrogens is 466 g/mol. The molecule has 11 heteroatoms. The van der Waals surface area contributed by atoms with Crippen LogP contribution in [0.1, 0.15) is 26.7 Å². The fourth-order valence-electron chi connectivity index (χ4n) is 3.29. The second-order valence-electron chi connectivity index (χ2n) is 7.34. The van der Waals surface area contributed by atoms with Crippen LogP contribution in [0.2, 0.25) is 0 Å². The third-order valence-corrected chi connectivity index (χ3v) is 7.74. The van der Waals surface area contributed by atoms with Crippen molar-refractivity contribution in [1.29, 1.82) is 0 Å². The smallest absolute Gasteiger partial charge is 0.328 e. The van der Waals surface area contributed by atoms with Gasteiger partial charge in [0.15, 0.2) is 14.9 Å². The van der Waals surface area contributed by atoms with E-state index < -0.39 is 27.0 Å². The number of carboxylic acid groups (broad SMARTS) is 2. The average Bonchev–Trinajstić information content (AvgIpc) is 2.81. The normalized spacial score (nSPS) is 16.2. The number of nitrogens with zero attached hydrogens (tertiary/aromatic N) is 2. The fraction of sp³-hybridized carbons (Fsp3) is 0.500. The van der Waals surface area contributed by atoms with E-state index in [9.17, 15) is 18.0 Å². The topological polar surface area (TPSA) is 127 Å². The molecule has 33 heavy (non-hydrogen) atoms. The second kappa shape index (κ2) is 14.6. The van der Waals surface area contributed by atoms with Gasteiger partial charge in [-0.05, 0) is 50.3 Å². The number of benzene rings is 1. The van der Waals surface area contributed by atoms with E-state index in [1.807, 2.05) is 11.0 Å². The van der Waals surface area contributed by atoms with E-state index in [2.05, 4.69) is 24.1 Å². The molecule has 2 rings (SSSR count). The van der Waals surface area contributed by atoms with Crippen LogP contribution in [0, 0.1) is 0 Å². The van der Waals surface area contributed by atoms with Crippen molar-refractivity contribution < 1.29 is 28.2 Å². The molecule has 1 fully saturated rings. The Balaban J connectivity index is 0.000000582. The van der Waals surface area contributed by atoms with Crippen LogP contribution in [0.4, 0.5) is 0 Å². The molecule has 1 atom stereocenters. The van der Waals surface area contributed by atoms with E-state index >= 15 is 0 Å². The Morgan fingerprint density at radius 3 is 2.24 bits per heavy atom. The van der Waals surface area contributed by atoms with Crippen molar-refractivity contribution in [2.24, 2.45) is 0 Å². The predicted octanol–water partition coefficient (Wildman–Crippen LogP) is 1.85. The van der Waals surface area contributed by atoms with E-state index in [1.165, 1.54) is 0 Å². The maximum Gasteiger partial charge on any atom is 0.328 e. The number of piperidine rings is 1. The Hall–Kier alpha value is -2.50. The number of carboxylic acids is 2. The van der Waals surface area contributed by atoms with Crippen molar-refractivity contribution in [2.75, 3.05) is 39.3 Å². The molecule has 0 aromatic heterocycles. The predicted molar refractivity (Wildman–Crippen MR) is 131 cm³/mol. The zero-order valence-electron chi connectivity index (χ0n) is 19.0. The maximum atomic E-state index is 12.8. The molecule has 1 aliphatic heterocycles. The first-order valence-corrected chi connectivity index (χ1v) is 12.7. The van der Waals surface area contributed by atoms with Gasteiger partial charge < -0.3 is 25.3 Å². The van der Waals surface area contributed by atoms with E-state index in [-0.39, 0.29) is 0 Å². The number of rotatable bonds is 9. The van der Waals surface area contributed by atoms with Crippen LogP contribution >= 0.6 is 12.2 Å². The highest BCUT2D eigenvalue weighted by molar-refractivity contribution is 7.92. The van der Waals surface area contributed by atoms with Gasteiger partial charge in [0.25, 0.3) is 0 Å². The molecule has 1 aromatic carbocycles. The van der Waals surface area contributed by atoms with E-state index in [1.54, 1.807) is 24.3 Å². The first-order valence-electron chi connectivity index (χ1n) is 10.8. The van der Waals surface area contributed by atoms with Gasteiger partial charge in [0.05, 0.1) is 10.1 Å². The Bertz CT molecular complexity index is 886. The summed E-state index contributed by atoms with van der Waals surface area (Å²) >= 11 is 5.49. The Kier molecular flexibility index (Phi) is 12.6. The molecule has 0 amide bonds. The van der Waals surface area contributed by atoms with Crippen LogP contribution in [-0.2, 0) is 19.4 Å². The lowest BCUT2D eigenvalue weighted by molar-refractivity contribution is -0.134. The summed E-state index contributed by atoms with van der Waals surface area (Å²) in [4.78, 5) is 23.8. The molecule has 0 spiro atoms. The van der Waals surface area contributed by atoms with Crippen LogP contribution < -0.4 is 5.32 Å². The van der Waals surface area contributed by atoms with E-state index in [0.717, 1.165) is 39.1 Å². The summed E-state index contributed by atoms with van der Waals surface area (Å²) in [6.45, 7) is 9.33. The molecule has 9 nitrogen and oxygen atoms in total. The van der Waals surface area contributed by atoms with Crippen molar-refractivity contribution in [3.63, 3.8) is 0 Å². The van der Waals surface area contributed by atoms with E-state index in [0.29, 0.717) is 35.1 Å². The fourth-order valence-corrected chi connectivity index (χ4v) is 5.34. The van der Waals surface area contributed by atoms with Crippen molar-refractivity contribution in [3.05, 3.63) is 42.5 Å². The molecule has 3 N–H and O–H groups in total. The molecule has 0 saturated carbocycles. The summed E-state index contributed by atoms with van der Waals surface area (Å²) in [7, 11) is -3.31. The number of aliphatic carboxylic acids is 2. The average molecular weight is 500 g/mol. The van der Waals surface area contributed by atoms with Crippen LogP contribution in [-0.4, -0.2) is 90.0 Å². The van der Waals surface area contributed by atoms with Gasteiger partial charge in [0.1, 0.15) is 0 Å². The largest absolute Gasteiger partial charge is 0.478 e. The zero-order chi connectivity index (χ0) is 24.9. The molecule has 0 radical (unpaired) electrons. The molecular formula is C22H33N3O6S2. The molecule has 184 valence electrons. The molecule has 1 heterocycles. The standard InChI is InChI=1S/C18H29N3O2S2.C4H4O4/c1-3-20(4-2)14-12-19-18(24)21-13-8-11-17(15-21)25(22,23)16-9-6-5-7-10-16;5-3(6)1-2-4(7)8/h5-7,9-10,17H,3-4,8,11-15H2,1-2H3,(H,19,24);1-2H,(H,5,6)(H,7,8)/b;2-1-. The first kappa shape index (κ1) is 28.5. The van der Waals surface area contributed by atoms with Crippen LogP contribution in [0.15, 0.2) is 47.4 Å². The van der Waals surface area contributed by atoms with Crippen molar-refractivity contribution in [3.8, 4) is 0 Å². The lowest BCUT2D eigenvalue weighted by Gasteiger charge is -2.34. The van der Waals surface area contributed by atoms with Gasteiger partial charge in [0, 0.05) is 38.3 Å². The number of hydrogen-bond acceptors (Lipinski definition) is 6. The SMILES string of the molecule is CCN(CC)CCNC(=S)N1CCCC(S(=O)(=O)c2ccccc2)C1.O=C(O)/C=C\C(=O)O. The number of sulfone groups is 1. The lowest BCUT2D eigenvalue weighted by Crippen LogP contribution is -2.50. The number of carbonyl (C=O) groups is 2. The molecule has 1 unspecified atom stereocenters. The molecule has 1 aromatic rings. The van der Waals surface area contributed by atoms with Crippen LogP contribution in [0.25, 0.3) is 0 Å². The summed E-state index contributed by atoms with van der Waals surface area (Å²) < 4.78 is 25.7. The number of likely N-dealkylation sites (N-methyl/N-ethyl adjacent to an activating group) is 1. The zero-order valence-corrected chi connectivity index (χ0v) is 20.6. The van der Waals surface area contributed by atoms with Crippen LogP contribution in [0.3, 0.4) is 0 Å². The maximum absolute atomic E-state index is 12.8. The molecule has 1 saturated heterocycles. The molecule has 0 aliphatic carbocycles. The van der Waals surface area contributed by atoms with Crippen molar-refractivity contribution >= 4 is 39.1 Å². The summed E-state index contributed by atoms with van der Waals surface area (Å²) in [6.07, 6.45) is 2.65. The Labute approximate surface area is 201 Å². The Morgan fingerprint density at radius 1 is 1.15 bits per heavy atom. The number of thiocarbonyl (C=S) groups is 1. The van der Waals surface area contributed by atoms with Gasteiger partial charge in [-0.2, -0.15) is 0 Å². The summed E-state index contributed by atoms with van der Waals surface area (Å²) in [6, 6.07) is 8.73. The van der Waals surface area contributed by atoms with E-state index in [4.69, 9.17) is 22.4 Å². The third-order valence-electron chi connectivity index (χ3n) is 5.14. The quantitative estimate of drug-likeness (QED) is 0.342. The third kappa shape index (κ3) is 10.3. The monoisotopic (exact) mass is 499 g/mol. The summed E-state index contributed by atoms with van der Waals surface area (Å²) in [5.74, 6) is -2.51. The highest BCUT2D eigenvalue weighted by Crippen LogP contribution is 2.23. The second-order valence-corrected chi connectivity index (χ2v) is 9.95. The van der Waals surface area contributed by atoms with Crippen molar-refractivity contribution in [2.45, 2.75) is 36.8 Å². The van der Waals surface area contributed by atoms with Gasteiger partial charge in [-0.3, -0.25) is 0 Å². The highest BCUT2D eigenvalue weighted by Gasteiger charge is 2.32. The van der Waals surface area contributed by atoms with Gasteiger partial charge in [-0.25, -0.2) is 18.0 Å². The minimum atomic E-state index is -3.31.